The van der Waals surface area contributed by atoms with Crippen LogP contribution >= 0.6 is 0 Å². The van der Waals surface area contributed by atoms with E-state index in [1.807, 2.05) is 23.6 Å². The van der Waals surface area contributed by atoms with E-state index in [0.29, 0.717) is 31.1 Å². The first-order chi connectivity index (χ1) is 11.1. The van der Waals surface area contributed by atoms with Crippen molar-refractivity contribution in [3.63, 3.8) is 0 Å². The zero-order valence-corrected chi connectivity index (χ0v) is 13.8. The lowest BCUT2D eigenvalue weighted by Gasteiger charge is -2.12. The Balaban J connectivity index is 2.42. The third-order valence-corrected chi connectivity index (χ3v) is 4.24. The van der Waals surface area contributed by atoms with Crippen molar-refractivity contribution in [2.45, 2.75) is 33.9 Å². The van der Waals surface area contributed by atoms with Gasteiger partial charge in [0.25, 0.3) is 0 Å². The average Bonchev–Trinajstić information content (AvgIpc) is 2.89. The molecule has 1 aromatic carbocycles. The van der Waals surface area contributed by atoms with Gasteiger partial charge in [-0.25, -0.2) is 9.97 Å². The summed E-state index contributed by atoms with van der Waals surface area (Å²) >= 11 is 0. The van der Waals surface area contributed by atoms with E-state index in [1.54, 1.807) is 0 Å². The van der Waals surface area contributed by atoms with Crippen LogP contribution < -0.4 is 5.73 Å². The number of benzene rings is 1. The first-order valence-electron chi connectivity index (χ1n) is 7.81. The lowest BCUT2D eigenvalue weighted by Crippen LogP contribution is -2.09. The number of aliphatic hydroxyl groups excluding tert-OH is 1. The summed E-state index contributed by atoms with van der Waals surface area (Å²) in [4.78, 5) is 9.13. The van der Waals surface area contributed by atoms with Gasteiger partial charge >= 0.3 is 0 Å². The maximum atomic E-state index is 9.48. The highest BCUT2D eigenvalue weighted by Gasteiger charge is 2.18. The summed E-state index contributed by atoms with van der Waals surface area (Å²) in [5.41, 5.74) is 10.9. The van der Waals surface area contributed by atoms with Crippen molar-refractivity contribution in [3.8, 4) is 0 Å². The summed E-state index contributed by atoms with van der Waals surface area (Å²) in [6, 6.07) is 4.02. The Hall–Kier alpha value is -2.18. The lowest BCUT2D eigenvalue weighted by atomic mass is 10.0. The zero-order chi connectivity index (χ0) is 16.6. The van der Waals surface area contributed by atoms with E-state index in [4.69, 9.17) is 10.5 Å². The normalized spacial score (nSPS) is 11.7. The quantitative estimate of drug-likeness (QED) is 0.755. The summed E-state index contributed by atoms with van der Waals surface area (Å²) in [6.07, 6.45) is 0. The van der Waals surface area contributed by atoms with Crippen LogP contribution in [0.25, 0.3) is 21.9 Å². The van der Waals surface area contributed by atoms with Gasteiger partial charge in [0, 0.05) is 18.5 Å². The van der Waals surface area contributed by atoms with Crippen LogP contribution in [0, 0.1) is 13.8 Å². The van der Waals surface area contributed by atoms with E-state index in [2.05, 4.69) is 23.8 Å². The molecule has 23 heavy (non-hydrogen) atoms. The number of fused-ring (bicyclic) bond motifs is 3. The first-order valence-corrected chi connectivity index (χ1v) is 7.81. The average molecular weight is 314 g/mol. The molecule has 0 aliphatic rings. The van der Waals surface area contributed by atoms with Gasteiger partial charge in [-0.2, -0.15) is 0 Å². The van der Waals surface area contributed by atoms with Crippen molar-refractivity contribution in [1.82, 2.24) is 14.5 Å². The number of rotatable bonds is 5. The van der Waals surface area contributed by atoms with E-state index in [0.717, 1.165) is 27.8 Å². The Morgan fingerprint density at radius 3 is 2.74 bits per heavy atom. The number of imidazole rings is 1. The van der Waals surface area contributed by atoms with Crippen molar-refractivity contribution in [1.29, 1.82) is 0 Å². The summed E-state index contributed by atoms with van der Waals surface area (Å²) in [5, 5.41) is 10.5. The smallest absolute Gasteiger partial charge is 0.152 e. The van der Waals surface area contributed by atoms with Crippen LogP contribution in [-0.4, -0.2) is 32.9 Å². The monoisotopic (exact) mass is 314 g/mol. The van der Waals surface area contributed by atoms with Crippen LogP contribution in [-0.2, 0) is 17.9 Å². The summed E-state index contributed by atoms with van der Waals surface area (Å²) in [7, 11) is 0. The predicted octanol–water partition coefficient (Wildman–Crippen LogP) is 2.31. The van der Waals surface area contributed by atoms with Gasteiger partial charge in [0.2, 0.25) is 0 Å². The van der Waals surface area contributed by atoms with E-state index >= 15 is 0 Å². The van der Waals surface area contributed by atoms with Crippen LogP contribution in [0.1, 0.15) is 23.9 Å². The summed E-state index contributed by atoms with van der Waals surface area (Å²) in [5.74, 6) is 1.17. The maximum absolute atomic E-state index is 9.48. The van der Waals surface area contributed by atoms with Gasteiger partial charge in [-0.15, -0.1) is 0 Å². The molecule has 0 fully saturated rings. The Labute approximate surface area is 134 Å². The van der Waals surface area contributed by atoms with Crippen molar-refractivity contribution in [2.75, 3.05) is 18.9 Å². The molecule has 0 saturated heterocycles. The molecule has 6 heteroatoms. The van der Waals surface area contributed by atoms with Crippen molar-refractivity contribution in [3.05, 3.63) is 29.1 Å². The van der Waals surface area contributed by atoms with Crippen molar-refractivity contribution < 1.29 is 9.84 Å². The second-order valence-corrected chi connectivity index (χ2v) is 5.64. The number of nitrogens with two attached hydrogens (primary N) is 1. The minimum absolute atomic E-state index is 0.0270. The number of aryl methyl sites for hydroxylation is 2. The number of hydrogen-bond acceptors (Lipinski definition) is 5. The van der Waals surface area contributed by atoms with Gasteiger partial charge < -0.3 is 20.1 Å². The number of hydrogen-bond donors (Lipinski definition) is 2. The molecular formula is C17H22N4O2. The fourth-order valence-corrected chi connectivity index (χ4v) is 2.95. The van der Waals surface area contributed by atoms with E-state index in [-0.39, 0.29) is 6.61 Å². The standard InChI is InChI=1S/C17H22N4O2/c1-4-23-9-13-20-15-16(21(13)7-8-22)14-11(3)10(2)5-6-12(14)19-17(15)18/h5-6,22H,4,7-9H2,1-3H3,(H2,18,19). The van der Waals surface area contributed by atoms with Crippen LogP contribution in [0.2, 0.25) is 0 Å². The first kappa shape index (κ1) is 15.7. The molecule has 2 aromatic heterocycles. The van der Waals surface area contributed by atoms with E-state index in [9.17, 15) is 5.11 Å². The van der Waals surface area contributed by atoms with Crippen LogP contribution in [0.3, 0.4) is 0 Å². The molecule has 122 valence electrons. The molecule has 0 amide bonds. The molecule has 0 radical (unpaired) electrons. The predicted molar refractivity (Wildman–Crippen MR) is 91.3 cm³/mol. The number of ether oxygens (including phenoxy) is 1. The molecular weight excluding hydrogens is 292 g/mol. The molecule has 0 saturated carbocycles. The highest BCUT2D eigenvalue weighted by Crippen LogP contribution is 2.32. The second kappa shape index (κ2) is 6.14. The van der Waals surface area contributed by atoms with E-state index in [1.165, 1.54) is 5.56 Å². The number of anilines is 1. The van der Waals surface area contributed by atoms with Gasteiger partial charge in [-0.1, -0.05) is 6.07 Å². The fourth-order valence-electron chi connectivity index (χ4n) is 2.95. The minimum Gasteiger partial charge on any atom is -0.395 e. The highest BCUT2D eigenvalue weighted by molar-refractivity contribution is 6.08. The van der Waals surface area contributed by atoms with Crippen molar-refractivity contribution in [2.24, 2.45) is 0 Å². The van der Waals surface area contributed by atoms with Crippen molar-refractivity contribution >= 4 is 27.8 Å². The summed E-state index contributed by atoms with van der Waals surface area (Å²) < 4.78 is 7.51. The van der Waals surface area contributed by atoms with Gasteiger partial charge in [0.05, 0.1) is 17.6 Å². The largest absolute Gasteiger partial charge is 0.395 e. The zero-order valence-electron chi connectivity index (χ0n) is 13.8. The Kier molecular flexibility index (Phi) is 4.19. The molecule has 3 N–H and O–H groups in total. The van der Waals surface area contributed by atoms with Gasteiger partial charge in [0.15, 0.2) is 5.82 Å². The van der Waals surface area contributed by atoms with Gasteiger partial charge in [0.1, 0.15) is 17.9 Å². The fraction of sp³-hybridized carbons (Fsp3) is 0.412. The number of aliphatic hydroxyl groups is 1. The summed E-state index contributed by atoms with van der Waals surface area (Å²) in [6.45, 7) is 7.56. The third-order valence-electron chi connectivity index (χ3n) is 4.24. The molecule has 0 aliphatic carbocycles. The number of nitrogen functional groups attached to an aromatic ring is 1. The molecule has 0 unspecified atom stereocenters. The molecule has 3 aromatic rings. The number of aromatic nitrogens is 3. The Bertz CT molecular complexity index is 870. The maximum Gasteiger partial charge on any atom is 0.152 e. The Morgan fingerprint density at radius 1 is 1.26 bits per heavy atom. The van der Waals surface area contributed by atoms with Gasteiger partial charge in [-0.3, -0.25) is 0 Å². The Morgan fingerprint density at radius 2 is 2.04 bits per heavy atom. The van der Waals surface area contributed by atoms with Gasteiger partial charge in [-0.05, 0) is 38.0 Å². The lowest BCUT2D eigenvalue weighted by molar-refractivity contribution is 0.125. The van der Waals surface area contributed by atoms with Crippen LogP contribution in [0.4, 0.5) is 5.82 Å². The molecule has 0 aliphatic heterocycles. The number of pyridine rings is 1. The SMILES string of the molecule is CCOCc1nc2c(N)nc3ccc(C)c(C)c3c2n1CCO. The molecule has 0 spiro atoms. The topological polar surface area (TPSA) is 86.2 Å². The van der Waals surface area contributed by atoms with Crippen LogP contribution in [0.5, 0.6) is 0 Å². The molecule has 0 atom stereocenters. The molecule has 3 rings (SSSR count). The number of nitrogens with zero attached hydrogens (tertiary/aromatic N) is 3. The molecule has 0 bridgehead atoms. The minimum atomic E-state index is 0.0270. The molecule has 2 heterocycles. The third kappa shape index (κ3) is 2.54. The van der Waals surface area contributed by atoms with E-state index < -0.39 is 0 Å². The highest BCUT2D eigenvalue weighted by atomic mass is 16.5. The van der Waals surface area contributed by atoms with Crippen LogP contribution in [0.15, 0.2) is 12.1 Å². The molecule has 6 nitrogen and oxygen atoms in total. The second-order valence-electron chi connectivity index (χ2n) is 5.64.